The van der Waals surface area contributed by atoms with Crippen molar-refractivity contribution in [2.45, 2.75) is 6.36 Å². The van der Waals surface area contributed by atoms with Gasteiger partial charge in [-0.1, -0.05) is 48.5 Å². The molecular formula is C25H17ClF3N3O3. The zero-order chi connectivity index (χ0) is 25.2. The van der Waals surface area contributed by atoms with Gasteiger partial charge in [-0.25, -0.2) is 4.79 Å². The number of aromatic amines is 1. The number of benzene rings is 3. The van der Waals surface area contributed by atoms with Crippen molar-refractivity contribution in [3.8, 4) is 22.6 Å². The minimum absolute atomic E-state index is 0.115. The molecule has 0 fully saturated rings. The number of H-pyrrole nitrogens is 1. The van der Waals surface area contributed by atoms with Gasteiger partial charge in [0.25, 0.3) is 5.56 Å². The Morgan fingerprint density at radius 3 is 2.31 bits per heavy atom. The third-order valence-corrected chi connectivity index (χ3v) is 5.22. The van der Waals surface area contributed by atoms with Gasteiger partial charge in [0.05, 0.1) is 5.69 Å². The average Bonchev–Trinajstić information content (AvgIpc) is 2.81. The fourth-order valence-corrected chi connectivity index (χ4v) is 3.50. The van der Waals surface area contributed by atoms with Crippen LogP contribution in [0.1, 0.15) is 5.56 Å². The average molecular weight is 500 g/mol. The highest BCUT2D eigenvalue weighted by Gasteiger charge is 2.31. The number of alkyl halides is 3. The number of rotatable bonds is 6. The number of hydrogen-bond acceptors (Lipinski definition) is 4. The second-order valence-electron chi connectivity index (χ2n) is 7.41. The molecule has 0 bridgehead atoms. The second-order valence-corrected chi connectivity index (χ2v) is 7.82. The van der Waals surface area contributed by atoms with Gasteiger partial charge in [0, 0.05) is 17.6 Å². The summed E-state index contributed by atoms with van der Waals surface area (Å²) >= 11 is 5.81. The minimum atomic E-state index is -4.77. The van der Waals surface area contributed by atoms with Crippen molar-refractivity contribution in [2.75, 3.05) is 5.32 Å². The minimum Gasteiger partial charge on any atom is -0.406 e. The molecule has 0 spiro atoms. The van der Waals surface area contributed by atoms with Gasteiger partial charge in [0.1, 0.15) is 10.8 Å². The summed E-state index contributed by atoms with van der Waals surface area (Å²) in [6, 6.07) is 19.6. The van der Waals surface area contributed by atoms with E-state index in [9.17, 15) is 22.8 Å². The van der Waals surface area contributed by atoms with Crippen LogP contribution < -0.4 is 21.3 Å². The maximum Gasteiger partial charge on any atom is 0.573 e. The highest BCUT2D eigenvalue weighted by Crippen LogP contribution is 2.29. The van der Waals surface area contributed by atoms with Crippen LogP contribution in [0.15, 0.2) is 95.2 Å². The smallest absolute Gasteiger partial charge is 0.406 e. The summed E-state index contributed by atoms with van der Waals surface area (Å²) < 4.78 is 42.9. The zero-order valence-electron chi connectivity index (χ0n) is 17.9. The van der Waals surface area contributed by atoms with E-state index >= 15 is 0 Å². The summed E-state index contributed by atoms with van der Waals surface area (Å²) in [7, 11) is 0. The van der Waals surface area contributed by atoms with Crippen molar-refractivity contribution in [2.24, 2.45) is 0 Å². The van der Waals surface area contributed by atoms with Crippen molar-refractivity contribution in [1.29, 1.82) is 0 Å². The van der Waals surface area contributed by atoms with Crippen molar-refractivity contribution in [1.82, 2.24) is 9.55 Å². The first-order valence-electron chi connectivity index (χ1n) is 10.1. The van der Waals surface area contributed by atoms with E-state index in [0.717, 1.165) is 5.56 Å². The number of hydrogen-bond donors (Lipinski definition) is 2. The van der Waals surface area contributed by atoms with Gasteiger partial charge in [-0.05, 0) is 59.2 Å². The largest absolute Gasteiger partial charge is 0.573 e. The van der Waals surface area contributed by atoms with Gasteiger partial charge in [-0.15, -0.1) is 13.2 Å². The molecule has 4 aromatic rings. The standard InChI is InChI=1S/C25H17ClF3N3O3/c1-15(30-19-8-10-20(11-9-19)32-14-22(26)23(33)31-24(32)34)16-4-2-5-17(12-16)18-6-3-7-21(13-18)35-25(27,28)29/h2-14,30H,1H2,(H,31,33,34). The molecule has 1 aromatic heterocycles. The van der Waals surface area contributed by atoms with Crippen LogP contribution in [0.3, 0.4) is 0 Å². The lowest BCUT2D eigenvalue weighted by Crippen LogP contribution is -2.28. The molecular weight excluding hydrogens is 483 g/mol. The molecule has 0 saturated carbocycles. The van der Waals surface area contributed by atoms with Gasteiger partial charge >= 0.3 is 12.1 Å². The van der Waals surface area contributed by atoms with E-state index in [1.165, 1.54) is 29.0 Å². The number of anilines is 1. The molecule has 0 aliphatic carbocycles. The summed E-state index contributed by atoms with van der Waals surface area (Å²) in [4.78, 5) is 25.6. The molecule has 6 nitrogen and oxygen atoms in total. The Labute approximate surface area is 201 Å². The Hall–Kier alpha value is -4.24. The first-order valence-corrected chi connectivity index (χ1v) is 10.5. The third-order valence-electron chi connectivity index (χ3n) is 4.95. The van der Waals surface area contributed by atoms with Gasteiger partial charge in [-0.2, -0.15) is 0 Å². The molecule has 1 heterocycles. The van der Waals surface area contributed by atoms with Crippen molar-refractivity contribution in [3.63, 3.8) is 0 Å². The zero-order valence-corrected chi connectivity index (χ0v) is 18.7. The van der Waals surface area contributed by atoms with E-state index in [-0.39, 0.29) is 10.8 Å². The topological polar surface area (TPSA) is 76.1 Å². The molecule has 0 saturated heterocycles. The predicted octanol–water partition coefficient (Wildman–Crippen LogP) is 5.83. The third kappa shape index (κ3) is 5.82. The Morgan fingerprint density at radius 2 is 1.63 bits per heavy atom. The Morgan fingerprint density at radius 1 is 0.971 bits per heavy atom. The normalized spacial score (nSPS) is 11.2. The second kappa shape index (κ2) is 9.55. The van der Waals surface area contributed by atoms with Gasteiger partial charge in [-0.3, -0.25) is 14.3 Å². The van der Waals surface area contributed by atoms with Gasteiger partial charge in [0.15, 0.2) is 0 Å². The maximum atomic E-state index is 12.5. The summed E-state index contributed by atoms with van der Waals surface area (Å²) in [6.45, 7) is 4.04. The molecule has 10 heteroatoms. The molecule has 3 aromatic carbocycles. The first kappa shape index (κ1) is 23.9. The SMILES string of the molecule is C=C(Nc1ccc(-n2cc(Cl)c(=O)[nH]c2=O)cc1)c1cccc(-c2cccc(OC(F)(F)F)c2)c1. The predicted molar refractivity (Wildman–Crippen MR) is 129 cm³/mol. The molecule has 0 aliphatic rings. The molecule has 0 radical (unpaired) electrons. The number of nitrogens with zero attached hydrogens (tertiary/aromatic N) is 1. The molecule has 0 aliphatic heterocycles. The first-order chi connectivity index (χ1) is 16.6. The van der Waals surface area contributed by atoms with Crippen LogP contribution in [0.2, 0.25) is 5.02 Å². The quantitative estimate of drug-likeness (QED) is 0.350. The number of ether oxygens (including phenoxy) is 1. The summed E-state index contributed by atoms with van der Waals surface area (Å²) in [5.74, 6) is -0.305. The molecule has 0 amide bonds. The van der Waals surface area contributed by atoms with Crippen LogP contribution >= 0.6 is 11.6 Å². The fraction of sp³-hybridized carbons (Fsp3) is 0.0400. The number of nitrogens with one attached hydrogen (secondary N) is 2. The molecule has 0 atom stereocenters. The van der Waals surface area contributed by atoms with E-state index in [0.29, 0.717) is 28.2 Å². The van der Waals surface area contributed by atoms with E-state index in [1.54, 1.807) is 48.5 Å². The lowest BCUT2D eigenvalue weighted by molar-refractivity contribution is -0.274. The summed E-state index contributed by atoms with van der Waals surface area (Å²) in [6.07, 6.45) is -3.53. The van der Waals surface area contributed by atoms with Crippen molar-refractivity contribution < 1.29 is 17.9 Å². The fourth-order valence-electron chi connectivity index (χ4n) is 3.35. The number of aromatic nitrogens is 2. The molecule has 178 valence electrons. The Bertz CT molecular complexity index is 1510. The van der Waals surface area contributed by atoms with Crippen LogP contribution in [0.4, 0.5) is 18.9 Å². The lowest BCUT2D eigenvalue weighted by atomic mass is 10.0. The van der Waals surface area contributed by atoms with E-state index < -0.39 is 17.6 Å². The van der Waals surface area contributed by atoms with Crippen LogP contribution in [0.5, 0.6) is 5.75 Å². The molecule has 2 N–H and O–H groups in total. The van der Waals surface area contributed by atoms with E-state index in [4.69, 9.17) is 11.6 Å². The van der Waals surface area contributed by atoms with E-state index in [2.05, 4.69) is 21.6 Å². The lowest BCUT2D eigenvalue weighted by Gasteiger charge is -2.13. The van der Waals surface area contributed by atoms with Crippen molar-refractivity contribution in [3.05, 3.63) is 117 Å². The van der Waals surface area contributed by atoms with Gasteiger partial charge in [0.2, 0.25) is 0 Å². The molecule has 0 unspecified atom stereocenters. The van der Waals surface area contributed by atoms with Crippen LogP contribution in [-0.4, -0.2) is 15.9 Å². The van der Waals surface area contributed by atoms with E-state index in [1.807, 2.05) is 6.07 Å². The van der Waals surface area contributed by atoms with Crippen LogP contribution in [0.25, 0.3) is 22.5 Å². The summed E-state index contributed by atoms with van der Waals surface area (Å²) in [5, 5.41) is 3.04. The molecule has 35 heavy (non-hydrogen) atoms. The number of halogens is 4. The van der Waals surface area contributed by atoms with Crippen LogP contribution in [0, 0.1) is 0 Å². The van der Waals surface area contributed by atoms with Gasteiger partial charge < -0.3 is 10.1 Å². The van der Waals surface area contributed by atoms with Crippen LogP contribution in [-0.2, 0) is 0 Å². The highest BCUT2D eigenvalue weighted by molar-refractivity contribution is 6.30. The monoisotopic (exact) mass is 499 g/mol. The molecule has 4 rings (SSSR count). The van der Waals surface area contributed by atoms with Crippen molar-refractivity contribution >= 4 is 23.0 Å². The Balaban J connectivity index is 1.52. The summed E-state index contributed by atoms with van der Waals surface area (Å²) in [5.41, 5.74) is 2.39. The maximum absolute atomic E-state index is 12.5. The highest BCUT2D eigenvalue weighted by atomic mass is 35.5. The Kier molecular flexibility index (Phi) is 6.52.